The number of rotatable bonds is 10. The Morgan fingerprint density at radius 3 is 2.50 bits per heavy atom. The number of allylic oxidation sites excluding steroid dienone is 1. The molecule has 0 heterocycles. The Morgan fingerprint density at radius 2 is 1.82 bits per heavy atom. The second-order valence-electron chi connectivity index (χ2n) is 14.9. The third-order valence-corrected chi connectivity index (χ3v) is 11.7. The van der Waals surface area contributed by atoms with E-state index in [-0.39, 0.29) is 23.4 Å². The number of ether oxygens (including phenoxy) is 1. The summed E-state index contributed by atoms with van der Waals surface area (Å²) in [6, 6.07) is -0.711. The third-order valence-electron chi connectivity index (χ3n) is 11.7. The largest absolute Gasteiger partial charge is 0.462 e. The van der Waals surface area contributed by atoms with Crippen LogP contribution < -0.4 is 0 Å². The molecular weight excluding hydrogens is 470 g/mol. The molecule has 4 rings (SSSR count). The summed E-state index contributed by atoms with van der Waals surface area (Å²) in [6.45, 7) is 16.5. The Kier molecular flexibility index (Phi) is 9.28. The van der Waals surface area contributed by atoms with Gasteiger partial charge in [-0.1, -0.05) is 84.5 Å². The fourth-order valence-corrected chi connectivity index (χ4v) is 9.69. The van der Waals surface area contributed by atoms with Gasteiger partial charge in [-0.3, -0.25) is 4.79 Å². The third kappa shape index (κ3) is 5.84. The van der Waals surface area contributed by atoms with Gasteiger partial charge in [0.05, 0.1) is 0 Å². The van der Waals surface area contributed by atoms with E-state index in [0.29, 0.717) is 11.8 Å². The lowest BCUT2D eigenvalue weighted by Gasteiger charge is -2.58. The van der Waals surface area contributed by atoms with E-state index >= 15 is 0 Å². The van der Waals surface area contributed by atoms with Crippen LogP contribution >= 0.6 is 0 Å². The number of nitrogens with zero attached hydrogens (tertiary/aromatic N) is 3. The van der Waals surface area contributed by atoms with Crippen molar-refractivity contribution in [3.05, 3.63) is 22.1 Å². The van der Waals surface area contributed by atoms with Gasteiger partial charge in [-0.2, -0.15) is 0 Å². The molecule has 9 atom stereocenters. The molecule has 0 radical (unpaired) electrons. The zero-order valence-electron chi connectivity index (χ0n) is 25.4. The van der Waals surface area contributed by atoms with E-state index in [1.807, 2.05) is 13.8 Å². The fourth-order valence-electron chi connectivity index (χ4n) is 9.69. The number of carbonyl (C=O) groups excluding carboxylic acids is 1. The van der Waals surface area contributed by atoms with Crippen LogP contribution in [0.15, 0.2) is 16.8 Å². The summed E-state index contributed by atoms with van der Waals surface area (Å²) in [5.74, 6) is 4.95. The number of azide groups is 1. The number of esters is 1. The van der Waals surface area contributed by atoms with Gasteiger partial charge in [0.1, 0.15) is 12.1 Å². The van der Waals surface area contributed by atoms with Crippen molar-refractivity contribution >= 4 is 5.97 Å². The van der Waals surface area contributed by atoms with Crippen molar-refractivity contribution in [3.8, 4) is 0 Å². The highest BCUT2D eigenvalue weighted by Crippen LogP contribution is 2.67. The molecule has 0 saturated heterocycles. The average molecular weight is 526 g/mol. The van der Waals surface area contributed by atoms with E-state index in [1.165, 1.54) is 56.9 Å². The minimum absolute atomic E-state index is 0.0849. The van der Waals surface area contributed by atoms with E-state index in [1.54, 1.807) is 0 Å². The van der Waals surface area contributed by atoms with E-state index in [4.69, 9.17) is 10.3 Å². The predicted octanol–water partition coefficient (Wildman–Crippen LogP) is 9.66. The Balaban J connectivity index is 1.42. The quantitative estimate of drug-likeness (QED) is 0.0935. The zero-order valence-corrected chi connectivity index (χ0v) is 25.4. The monoisotopic (exact) mass is 525 g/mol. The Hall–Kier alpha value is -1.48. The lowest BCUT2D eigenvalue weighted by molar-refractivity contribution is -0.153. The first-order valence-corrected chi connectivity index (χ1v) is 15.9. The molecule has 1 unspecified atom stereocenters. The number of hydrogen-bond donors (Lipinski definition) is 0. The van der Waals surface area contributed by atoms with Crippen LogP contribution in [-0.4, -0.2) is 18.1 Å². The van der Waals surface area contributed by atoms with Gasteiger partial charge in [-0.15, -0.1) is 0 Å². The highest BCUT2D eigenvalue weighted by molar-refractivity contribution is 5.76. The average Bonchev–Trinajstić information content (AvgIpc) is 3.20. The van der Waals surface area contributed by atoms with Crippen molar-refractivity contribution < 1.29 is 9.53 Å². The first-order chi connectivity index (χ1) is 18.0. The van der Waals surface area contributed by atoms with E-state index < -0.39 is 6.04 Å². The fraction of sp³-hybridized carbons (Fsp3) is 0.909. The summed E-state index contributed by atoms with van der Waals surface area (Å²) < 4.78 is 5.96. The van der Waals surface area contributed by atoms with Gasteiger partial charge in [0, 0.05) is 11.3 Å². The highest BCUT2D eigenvalue weighted by Gasteiger charge is 2.59. The van der Waals surface area contributed by atoms with Gasteiger partial charge in [0.25, 0.3) is 0 Å². The summed E-state index contributed by atoms with van der Waals surface area (Å²) in [6.07, 6.45) is 16.9. The van der Waals surface area contributed by atoms with Crippen LogP contribution in [0.4, 0.5) is 0 Å². The lowest BCUT2D eigenvalue weighted by atomic mass is 9.47. The number of fused-ring (bicyclic) bond motifs is 5. The van der Waals surface area contributed by atoms with Gasteiger partial charge in [0.15, 0.2) is 0 Å². The maximum absolute atomic E-state index is 12.8. The molecule has 214 valence electrons. The van der Waals surface area contributed by atoms with Crippen molar-refractivity contribution in [1.82, 2.24) is 0 Å². The topological polar surface area (TPSA) is 75.1 Å². The van der Waals surface area contributed by atoms with Gasteiger partial charge >= 0.3 is 5.97 Å². The van der Waals surface area contributed by atoms with Crippen LogP contribution in [-0.2, 0) is 9.53 Å². The molecule has 0 aromatic carbocycles. The lowest BCUT2D eigenvalue weighted by Crippen LogP contribution is -2.51. The summed E-state index contributed by atoms with van der Waals surface area (Å²) in [5.41, 5.74) is 11.2. The molecule has 3 fully saturated rings. The molecule has 0 aromatic heterocycles. The summed E-state index contributed by atoms with van der Waals surface area (Å²) in [5, 5.41) is 3.75. The van der Waals surface area contributed by atoms with Crippen molar-refractivity contribution in [2.24, 2.45) is 57.4 Å². The minimum Gasteiger partial charge on any atom is -0.462 e. The van der Waals surface area contributed by atoms with Crippen LogP contribution in [0.3, 0.4) is 0 Å². The van der Waals surface area contributed by atoms with Crippen LogP contribution in [0.1, 0.15) is 126 Å². The SMILES string of the molecule is CC(C)CCC[C@@H](C)[C@H]1CC[C@H]2[C@@H]3CC=C4CC(OC(=O)[C@H](CC(C)C)N=[N+]=[N-])CC[C@]4(C)[C@H]3CC[C@]12C. The molecule has 5 heteroatoms. The van der Waals surface area contributed by atoms with Crippen molar-refractivity contribution in [2.75, 3.05) is 0 Å². The summed E-state index contributed by atoms with van der Waals surface area (Å²) in [4.78, 5) is 15.8. The molecule has 0 bridgehead atoms. The zero-order chi connectivity index (χ0) is 27.7. The Morgan fingerprint density at radius 1 is 1.05 bits per heavy atom. The van der Waals surface area contributed by atoms with E-state index in [0.717, 1.165) is 54.8 Å². The van der Waals surface area contributed by atoms with Crippen molar-refractivity contribution in [1.29, 1.82) is 0 Å². The first kappa shape index (κ1) is 29.5. The molecule has 5 nitrogen and oxygen atoms in total. The molecular formula is C33H55N3O2. The van der Waals surface area contributed by atoms with Gasteiger partial charge in [-0.25, -0.2) is 0 Å². The van der Waals surface area contributed by atoms with Gasteiger partial charge in [0.2, 0.25) is 0 Å². The smallest absolute Gasteiger partial charge is 0.315 e. The van der Waals surface area contributed by atoms with Gasteiger partial charge in [-0.05, 0) is 109 Å². The van der Waals surface area contributed by atoms with Crippen LogP contribution in [0, 0.1) is 52.3 Å². The maximum atomic E-state index is 12.8. The van der Waals surface area contributed by atoms with Crippen LogP contribution in [0.5, 0.6) is 0 Å². The van der Waals surface area contributed by atoms with Crippen molar-refractivity contribution in [2.45, 2.75) is 138 Å². The normalized spacial score (nSPS) is 37.9. The first-order valence-electron chi connectivity index (χ1n) is 15.9. The Labute approximate surface area is 232 Å². The second-order valence-corrected chi connectivity index (χ2v) is 14.9. The molecule has 0 N–H and O–H groups in total. The summed E-state index contributed by atoms with van der Waals surface area (Å²) in [7, 11) is 0. The molecule has 0 aliphatic heterocycles. The molecule has 0 amide bonds. The molecule has 38 heavy (non-hydrogen) atoms. The minimum atomic E-state index is -0.711. The molecule has 0 spiro atoms. The highest BCUT2D eigenvalue weighted by atomic mass is 16.5. The van der Waals surface area contributed by atoms with E-state index in [2.05, 4.69) is 50.7 Å². The molecule has 4 aliphatic rings. The van der Waals surface area contributed by atoms with Crippen molar-refractivity contribution in [3.63, 3.8) is 0 Å². The van der Waals surface area contributed by atoms with Crippen LogP contribution in [0.2, 0.25) is 0 Å². The molecule has 3 saturated carbocycles. The second kappa shape index (κ2) is 11.9. The maximum Gasteiger partial charge on any atom is 0.315 e. The molecule has 0 aromatic rings. The number of hydrogen-bond acceptors (Lipinski definition) is 3. The summed E-state index contributed by atoms with van der Waals surface area (Å²) >= 11 is 0. The Bertz CT molecular complexity index is 921. The van der Waals surface area contributed by atoms with Gasteiger partial charge < -0.3 is 4.74 Å². The standard InChI is InChI=1S/C33H55N3O2/c1-21(2)9-8-10-23(5)27-13-14-28-26-12-11-24-20-25(38-31(37)30(35-36-34)19-22(3)4)15-17-32(24,6)29(26)16-18-33(27,28)7/h11,21-23,25-30H,8-10,12-20H2,1-7H3/t23-,25?,26+,27-,28+,29+,30+,32+,33-/m1/s1. The van der Waals surface area contributed by atoms with Crippen LogP contribution in [0.25, 0.3) is 10.4 Å². The molecule has 4 aliphatic carbocycles. The van der Waals surface area contributed by atoms with E-state index in [9.17, 15) is 4.79 Å². The number of carbonyl (C=O) groups is 1. The predicted molar refractivity (Wildman–Crippen MR) is 155 cm³/mol.